The highest BCUT2D eigenvalue weighted by Crippen LogP contribution is 2.20. The first-order valence-electron chi connectivity index (χ1n) is 6.19. The fourth-order valence-electron chi connectivity index (χ4n) is 2.05. The molecule has 0 radical (unpaired) electrons. The Hall–Kier alpha value is -2.87. The van der Waals surface area contributed by atoms with Crippen molar-refractivity contribution in [2.45, 2.75) is 6.42 Å². The van der Waals surface area contributed by atoms with Gasteiger partial charge in [0.15, 0.2) is 5.82 Å². The molecular formula is C15H12N4O. The van der Waals surface area contributed by atoms with Crippen molar-refractivity contribution >= 4 is 0 Å². The summed E-state index contributed by atoms with van der Waals surface area (Å²) in [7, 11) is 1.84. The lowest BCUT2D eigenvalue weighted by molar-refractivity contribution is 0.421. The molecule has 0 saturated heterocycles. The summed E-state index contributed by atoms with van der Waals surface area (Å²) in [6, 6.07) is 13.8. The Balaban J connectivity index is 1.87. The number of rotatable bonds is 3. The Bertz CT molecular complexity index is 765. The maximum Gasteiger partial charge on any atom is 0.274 e. The number of aromatic nitrogens is 3. The molecule has 98 valence electrons. The van der Waals surface area contributed by atoms with Crippen LogP contribution >= 0.6 is 0 Å². The summed E-state index contributed by atoms with van der Waals surface area (Å²) in [6.07, 6.45) is 2.36. The van der Waals surface area contributed by atoms with E-state index >= 15 is 0 Å². The van der Waals surface area contributed by atoms with Gasteiger partial charge < -0.3 is 9.09 Å². The number of hydrogen-bond acceptors (Lipinski definition) is 4. The van der Waals surface area contributed by atoms with E-state index in [2.05, 4.69) is 16.2 Å². The van der Waals surface area contributed by atoms with Crippen LogP contribution in [0.5, 0.6) is 0 Å². The van der Waals surface area contributed by atoms with Gasteiger partial charge in [-0.15, -0.1) is 0 Å². The number of nitriles is 1. The normalized spacial score (nSPS) is 10.4. The highest BCUT2D eigenvalue weighted by atomic mass is 16.5. The molecule has 0 aliphatic carbocycles. The van der Waals surface area contributed by atoms with Crippen LogP contribution in [0.25, 0.3) is 11.6 Å². The van der Waals surface area contributed by atoms with Crippen molar-refractivity contribution in [3.63, 3.8) is 0 Å². The first-order valence-corrected chi connectivity index (χ1v) is 6.19. The summed E-state index contributed by atoms with van der Waals surface area (Å²) < 4.78 is 7.07. The Morgan fingerprint density at radius 2 is 2.10 bits per heavy atom. The SMILES string of the molecule is Cn1cc(C#N)cc1-c1nc(Cc2ccccc2)no1. The van der Waals surface area contributed by atoms with Crippen LogP contribution < -0.4 is 0 Å². The molecule has 0 unspecified atom stereocenters. The minimum atomic E-state index is 0.430. The molecule has 3 rings (SSSR count). The fraction of sp³-hybridized carbons (Fsp3) is 0.133. The number of nitrogens with zero attached hydrogens (tertiary/aromatic N) is 4. The van der Waals surface area contributed by atoms with Crippen molar-refractivity contribution in [1.82, 2.24) is 14.7 Å². The van der Waals surface area contributed by atoms with E-state index in [4.69, 9.17) is 9.78 Å². The van der Waals surface area contributed by atoms with E-state index in [0.717, 1.165) is 11.3 Å². The van der Waals surface area contributed by atoms with E-state index in [-0.39, 0.29) is 0 Å². The minimum Gasteiger partial charge on any atom is -0.345 e. The fourth-order valence-corrected chi connectivity index (χ4v) is 2.05. The Labute approximate surface area is 116 Å². The molecule has 0 spiro atoms. The third kappa shape index (κ3) is 2.31. The van der Waals surface area contributed by atoms with Crippen LogP contribution in [0, 0.1) is 11.3 Å². The average molecular weight is 264 g/mol. The second-order valence-electron chi connectivity index (χ2n) is 4.51. The first-order chi connectivity index (χ1) is 9.76. The molecule has 5 nitrogen and oxygen atoms in total. The number of aryl methyl sites for hydroxylation is 1. The van der Waals surface area contributed by atoms with Crippen LogP contribution in [0.4, 0.5) is 0 Å². The van der Waals surface area contributed by atoms with Gasteiger partial charge in [-0.05, 0) is 11.6 Å². The molecule has 2 heterocycles. The Morgan fingerprint density at radius 1 is 1.30 bits per heavy atom. The van der Waals surface area contributed by atoms with Gasteiger partial charge in [0.2, 0.25) is 0 Å². The van der Waals surface area contributed by atoms with Crippen molar-refractivity contribution in [1.29, 1.82) is 5.26 Å². The zero-order valence-electron chi connectivity index (χ0n) is 10.9. The summed E-state index contributed by atoms with van der Waals surface area (Å²) >= 11 is 0. The smallest absolute Gasteiger partial charge is 0.274 e. The van der Waals surface area contributed by atoms with Gasteiger partial charge in [0.1, 0.15) is 11.8 Å². The monoisotopic (exact) mass is 264 g/mol. The summed E-state index contributed by atoms with van der Waals surface area (Å²) in [4.78, 5) is 4.38. The molecule has 5 heteroatoms. The Morgan fingerprint density at radius 3 is 2.80 bits per heavy atom. The first kappa shape index (κ1) is 12.2. The van der Waals surface area contributed by atoms with Crippen molar-refractivity contribution in [2.75, 3.05) is 0 Å². The zero-order valence-corrected chi connectivity index (χ0v) is 10.9. The zero-order chi connectivity index (χ0) is 13.9. The molecule has 1 aromatic carbocycles. The summed E-state index contributed by atoms with van der Waals surface area (Å²) in [5.74, 6) is 1.06. The molecule has 0 aliphatic rings. The van der Waals surface area contributed by atoms with Gasteiger partial charge in [0.25, 0.3) is 5.89 Å². The molecule has 3 aromatic rings. The lowest BCUT2D eigenvalue weighted by atomic mass is 10.1. The molecule has 0 bridgehead atoms. The van der Waals surface area contributed by atoms with Crippen LogP contribution in [0.1, 0.15) is 17.0 Å². The van der Waals surface area contributed by atoms with Crippen molar-refractivity contribution in [3.8, 4) is 17.7 Å². The van der Waals surface area contributed by atoms with Gasteiger partial charge in [-0.3, -0.25) is 0 Å². The van der Waals surface area contributed by atoms with E-state index in [1.165, 1.54) is 0 Å². The molecule has 0 amide bonds. The quantitative estimate of drug-likeness (QED) is 0.729. The second-order valence-corrected chi connectivity index (χ2v) is 4.51. The van der Waals surface area contributed by atoms with Crippen LogP contribution in [-0.4, -0.2) is 14.7 Å². The third-order valence-corrected chi connectivity index (χ3v) is 3.03. The lowest BCUT2D eigenvalue weighted by Gasteiger charge is -1.95. The highest BCUT2D eigenvalue weighted by Gasteiger charge is 2.13. The maximum absolute atomic E-state index is 8.89. The van der Waals surface area contributed by atoms with Gasteiger partial charge in [-0.2, -0.15) is 10.2 Å². The van der Waals surface area contributed by atoms with E-state index < -0.39 is 0 Å². The number of benzene rings is 1. The topological polar surface area (TPSA) is 67.6 Å². The summed E-state index contributed by atoms with van der Waals surface area (Å²) in [6.45, 7) is 0. The molecule has 0 fully saturated rings. The minimum absolute atomic E-state index is 0.430. The molecule has 2 aromatic heterocycles. The van der Waals surface area contributed by atoms with Gasteiger partial charge >= 0.3 is 0 Å². The van der Waals surface area contributed by atoms with Gasteiger partial charge in [0.05, 0.1) is 5.56 Å². The average Bonchev–Trinajstić information content (AvgIpc) is 3.06. The molecule has 0 saturated carbocycles. The molecular weight excluding hydrogens is 252 g/mol. The second kappa shape index (κ2) is 5.02. The van der Waals surface area contributed by atoms with Gasteiger partial charge in [0, 0.05) is 19.7 Å². The molecule has 20 heavy (non-hydrogen) atoms. The van der Waals surface area contributed by atoms with E-state index in [0.29, 0.717) is 23.7 Å². The van der Waals surface area contributed by atoms with Crippen LogP contribution in [0.15, 0.2) is 47.1 Å². The lowest BCUT2D eigenvalue weighted by Crippen LogP contribution is -1.92. The van der Waals surface area contributed by atoms with Gasteiger partial charge in [-0.1, -0.05) is 35.5 Å². The predicted octanol–water partition coefficient (Wildman–Crippen LogP) is 2.54. The number of hydrogen-bond donors (Lipinski definition) is 0. The Kier molecular flexibility index (Phi) is 3.05. The predicted molar refractivity (Wildman–Crippen MR) is 72.7 cm³/mol. The highest BCUT2D eigenvalue weighted by molar-refractivity contribution is 5.52. The van der Waals surface area contributed by atoms with E-state index in [1.54, 1.807) is 16.8 Å². The van der Waals surface area contributed by atoms with E-state index in [1.807, 2.05) is 37.4 Å². The van der Waals surface area contributed by atoms with Crippen molar-refractivity contribution < 1.29 is 4.52 Å². The van der Waals surface area contributed by atoms with Crippen LogP contribution in [-0.2, 0) is 13.5 Å². The van der Waals surface area contributed by atoms with Crippen molar-refractivity contribution in [3.05, 3.63) is 59.5 Å². The van der Waals surface area contributed by atoms with Gasteiger partial charge in [-0.25, -0.2) is 0 Å². The molecule has 0 N–H and O–H groups in total. The maximum atomic E-state index is 8.89. The summed E-state index contributed by atoms with van der Waals surface area (Å²) in [5.41, 5.74) is 2.45. The summed E-state index contributed by atoms with van der Waals surface area (Å²) in [5, 5.41) is 12.9. The standard InChI is InChI=1S/C15H12N4O/c1-19-10-12(9-16)7-13(19)15-17-14(18-20-15)8-11-5-3-2-4-6-11/h2-7,10H,8H2,1H3. The molecule has 0 atom stereocenters. The van der Waals surface area contributed by atoms with Crippen LogP contribution in [0.3, 0.4) is 0 Å². The largest absolute Gasteiger partial charge is 0.345 e. The third-order valence-electron chi connectivity index (χ3n) is 3.03. The van der Waals surface area contributed by atoms with Crippen LogP contribution in [0.2, 0.25) is 0 Å². The van der Waals surface area contributed by atoms with E-state index in [9.17, 15) is 0 Å². The van der Waals surface area contributed by atoms with Crippen molar-refractivity contribution in [2.24, 2.45) is 7.05 Å². The molecule has 0 aliphatic heterocycles.